The maximum atomic E-state index is 13.8. The molecule has 0 spiro atoms. The second kappa shape index (κ2) is 20.6. The lowest BCUT2D eigenvalue weighted by Crippen LogP contribution is -2.27. The molecule has 0 N–H and O–H groups in total. The number of nitrogens with zero attached hydrogens (tertiary/aromatic N) is 4. The van der Waals surface area contributed by atoms with Gasteiger partial charge in [0.05, 0.1) is 27.5 Å². The van der Waals surface area contributed by atoms with Crippen LogP contribution in [0.4, 0.5) is 0 Å². The van der Waals surface area contributed by atoms with Crippen molar-refractivity contribution >= 4 is 65.8 Å². The first kappa shape index (κ1) is 48.3. The standard InChI is InChI=1S/C77H58N4O5/c1-47-26-31-59-58-22-15-23-60(72(58)86-73(59)81-47)67-41-63(52-29-27-51(28-30-52)50-16-3-2-4-17-50)66(46-78-67)57-19-6-5-18-56(57)53-37-48(42-76(32-11-12-33-76)54-39-64-70(79-44-54)61-20-7-9-24-68(61)84-74(64)82)36-49(38-53)43-77(34-13-14-35-77)55-40-65-71(80-45-55)62-21-8-10-25-69(62)85-75(65)83/h2-10,15-31,36-41,44-46H,11-14,32-35,42-43H2,1H3/i1D3. The number of rotatable bonds is 11. The Kier molecular flexibility index (Phi) is 11.6. The fourth-order valence-corrected chi connectivity index (χ4v) is 14.6. The lowest BCUT2D eigenvalue weighted by Gasteiger charge is -2.32. The van der Waals surface area contributed by atoms with Crippen molar-refractivity contribution < 1.29 is 17.4 Å². The van der Waals surface area contributed by atoms with Crippen LogP contribution in [0.2, 0.25) is 0 Å². The Bertz CT molecular complexity index is 5100. The Labute approximate surface area is 499 Å². The normalized spacial score (nSPS) is 15.5. The minimum absolute atomic E-state index is 0.0276. The van der Waals surface area contributed by atoms with Crippen LogP contribution in [0, 0.1) is 6.85 Å². The molecule has 0 unspecified atom stereocenters. The number of aromatic nitrogens is 4. The van der Waals surface area contributed by atoms with Gasteiger partial charge in [0.25, 0.3) is 0 Å². The third kappa shape index (κ3) is 8.82. The average molecular weight is 1120 g/mol. The molecule has 7 aromatic carbocycles. The molecule has 0 radical (unpaired) electrons. The number of fused-ring (bicyclic) bond motifs is 9. The van der Waals surface area contributed by atoms with Gasteiger partial charge in [-0.2, -0.15) is 0 Å². The maximum Gasteiger partial charge on any atom is 0.345 e. The molecule has 2 fully saturated rings. The highest BCUT2D eigenvalue weighted by Gasteiger charge is 2.39. The summed E-state index contributed by atoms with van der Waals surface area (Å²) in [5.41, 5.74) is 15.9. The third-order valence-electron chi connectivity index (χ3n) is 18.8. The molecule has 2 aliphatic carbocycles. The van der Waals surface area contributed by atoms with Crippen LogP contribution in [0.1, 0.15) is 83.4 Å². The van der Waals surface area contributed by atoms with E-state index in [0.717, 1.165) is 147 Å². The first-order valence-corrected chi connectivity index (χ1v) is 29.8. The van der Waals surface area contributed by atoms with Gasteiger partial charge < -0.3 is 13.3 Å². The molecule has 2 aliphatic rings. The fraction of sp³-hybridized carbons (Fsp3) is 0.169. The van der Waals surface area contributed by atoms with Gasteiger partial charge in [0.2, 0.25) is 5.71 Å². The second-order valence-electron chi connectivity index (χ2n) is 23.8. The zero-order valence-corrected chi connectivity index (χ0v) is 47.1. The lowest BCUT2D eigenvalue weighted by molar-refractivity contribution is 0.431. The molecule has 0 atom stereocenters. The Morgan fingerprint density at radius 2 is 0.965 bits per heavy atom. The number of hydrogen-bond donors (Lipinski definition) is 0. The Hall–Kier alpha value is -10.1. The van der Waals surface area contributed by atoms with Gasteiger partial charge in [-0.1, -0.05) is 159 Å². The van der Waals surface area contributed by atoms with Gasteiger partial charge in [-0.3, -0.25) is 15.0 Å². The van der Waals surface area contributed by atoms with Crippen LogP contribution >= 0.6 is 0 Å². The quantitative estimate of drug-likeness (QED) is 0.0919. The van der Waals surface area contributed by atoms with Crippen LogP contribution in [-0.4, -0.2) is 19.9 Å². The summed E-state index contributed by atoms with van der Waals surface area (Å²) in [5.74, 6) is 0. The summed E-state index contributed by atoms with van der Waals surface area (Å²) in [4.78, 5) is 47.6. The molecule has 7 heterocycles. The smallest absolute Gasteiger partial charge is 0.345 e. The molecule has 14 aromatic rings. The van der Waals surface area contributed by atoms with Gasteiger partial charge in [-0.25, -0.2) is 14.6 Å². The number of pyridine rings is 4. The third-order valence-corrected chi connectivity index (χ3v) is 18.8. The van der Waals surface area contributed by atoms with E-state index in [1.54, 1.807) is 12.1 Å². The van der Waals surface area contributed by atoms with Crippen molar-refractivity contribution in [3.05, 3.63) is 262 Å². The van der Waals surface area contributed by atoms with E-state index in [9.17, 15) is 9.59 Å². The van der Waals surface area contributed by atoms with Crippen LogP contribution in [0.15, 0.2) is 236 Å². The topological polar surface area (TPSA) is 125 Å². The van der Waals surface area contributed by atoms with E-state index in [0.29, 0.717) is 44.2 Å². The predicted molar refractivity (Wildman–Crippen MR) is 344 cm³/mol. The highest BCUT2D eigenvalue weighted by Crippen LogP contribution is 2.49. The molecule has 0 saturated heterocycles. The van der Waals surface area contributed by atoms with E-state index >= 15 is 0 Å². The SMILES string of the molecule is [2H]C([2H])([2H])c1ccc2c(n1)oc1c(-c3cc(-c4ccc(-c5ccccc5)cc4)c(-c4ccccc4-c4cc(CC5(c6cnc7c(c6)c(=O)oc6ccccc67)CCCC5)cc(CC5(c6cnc7c(c6)c(=O)oc6ccccc67)CCCC5)c4)cn3)cccc12. The van der Waals surface area contributed by atoms with Crippen LogP contribution < -0.4 is 11.3 Å². The van der Waals surface area contributed by atoms with E-state index in [1.165, 1.54) is 11.1 Å². The molecular weight excluding hydrogens is 1060 g/mol. The summed E-state index contributed by atoms with van der Waals surface area (Å²) in [6.07, 6.45) is 15.4. The molecule has 416 valence electrons. The highest BCUT2D eigenvalue weighted by atomic mass is 16.4. The Morgan fingerprint density at radius 3 is 1.59 bits per heavy atom. The zero-order valence-electron chi connectivity index (χ0n) is 50.1. The van der Waals surface area contributed by atoms with Gasteiger partial charge in [0.15, 0.2) is 0 Å². The van der Waals surface area contributed by atoms with E-state index < -0.39 is 6.85 Å². The van der Waals surface area contributed by atoms with Crippen LogP contribution in [0.25, 0.3) is 122 Å². The van der Waals surface area contributed by atoms with Gasteiger partial charge in [0.1, 0.15) is 16.7 Å². The summed E-state index contributed by atoms with van der Waals surface area (Å²) >= 11 is 0. The maximum absolute atomic E-state index is 13.8. The average Bonchev–Trinajstić information content (AvgIpc) is 1.93. The molecular formula is C77H58N4O5. The summed E-state index contributed by atoms with van der Waals surface area (Å²) in [5, 5.41) is 4.15. The second-order valence-corrected chi connectivity index (χ2v) is 23.8. The fourth-order valence-electron chi connectivity index (χ4n) is 14.6. The predicted octanol–water partition coefficient (Wildman–Crippen LogP) is 18.4. The Balaban J connectivity index is 0.865. The molecule has 0 amide bonds. The van der Waals surface area contributed by atoms with Crippen molar-refractivity contribution in [3.63, 3.8) is 0 Å². The number of benzene rings is 7. The van der Waals surface area contributed by atoms with Gasteiger partial charge in [-0.15, -0.1) is 0 Å². The van der Waals surface area contributed by atoms with E-state index in [2.05, 4.69) is 114 Å². The molecule has 2 saturated carbocycles. The highest BCUT2D eigenvalue weighted by molar-refractivity contribution is 6.09. The summed E-state index contributed by atoms with van der Waals surface area (Å²) < 4.78 is 42.5. The zero-order chi connectivity index (χ0) is 60.0. The lowest BCUT2D eigenvalue weighted by atomic mass is 9.72. The number of hydrogen-bond acceptors (Lipinski definition) is 9. The summed E-state index contributed by atoms with van der Waals surface area (Å²) in [6.45, 7) is -2.40. The van der Waals surface area contributed by atoms with Crippen molar-refractivity contribution in [3.8, 4) is 55.8 Å². The first-order valence-electron chi connectivity index (χ1n) is 31.3. The molecule has 86 heavy (non-hydrogen) atoms. The molecule has 9 heteroatoms. The minimum atomic E-state index is -2.40. The molecule has 0 bridgehead atoms. The van der Waals surface area contributed by atoms with Gasteiger partial charge in [-0.05, 0) is 167 Å². The number of para-hydroxylation sites is 3. The van der Waals surface area contributed by atoms with Crippen molar-refractivity contribution in [2.45, 2.75) is 81.9 Å². The number of aryl methyl sites for hydroxylation is 1. The minimum Gasteiger partial charge on any atom is -0.437 e. The van der Waals surface area contributed by atoms with E-state index in [4.69, 9.17) is 32.3 Å². The van der Waals surface area contributed by atoms with E-state index in [1.807, 2.05) is 91.4 Å². The van der Waals surface area contributed by atoms with Crippen LogP contribution in [0.3, 0.4) is 0 Å². The van der Waals surface area contributed by atoms with Crippen LogP contribution in [-0.2, 0) is 23.7 Å². The Morgan fingerprint density at radius 1 is 0.419 bits per heavy atom. The van der Waals surface area contributed by atoms with Crippen molar-refractivity contribution in [1.82, 2.24) is 19.9 Å². The van der Waals surface area contributed by atoms with E-state index in [-0.39, 0.29) is 33.5 Å². The molecule has 16 rings (SSSR count). The van der Waals surface area contributed by atoms with Crippen molar-refractivity contribution in [2.24, 2.45) is 0 Å². The van der Waals surface area contributed by atoms with Crippen LogP contribution in [0.5, 0.6) is 0 Å². The molecule has 0 aliphatic heterocycles. The van der Waals surface area contributed by atoms with Crippen molar-refractivity contribution in [1.29, 1.82) is 0 Å². The monoisotopic (exact) mass is 1120 g/mol. The van der Waals surface area contributed by atoms with Crippen molar-refractivity contribution in [2.75, 3.05) is 0 Å². The van der Waals surface area contributed by atoms with Gasteiger partial charge in [0, 0.05) is 71.9 Å². The molecule has 7 aromatic heterocycles. The molecule has 9 nitrogen and oxygen atoms in total. The number of furan rings is 1. The summed E-state index contributed by atoms with van der Waals surface area (Å²) in [7, 11) is 0. The van der Waals surface area contributed by atoms with Gasteiger partial charge >= 0.3 is 11.3 Å². The summed E-state index contributed by atoms with van der Waals surface area (Å²) in [6, 6.07) is 65.5. The first-order chi connectivity index (χ1) is 43.4. The largest absolute Gasteiger partial charge is 0.437 e.